The fourth-order valence-electron chi connectivity index (χ4n) is 1.71. The van der Waals surface area contributed by atoms with E-state index in [9.17, 15) is 8.42 Å². The summed E-state index contributed by atoms with van der Waals surface area (Å²) in [6.07, 6.45) is 0.946. The third-order valence-corrected chi connectivity index (χ3v) is 4.29. The first-order chi connectivity index (χ1) is 6.97. The predicted molar refractivity (Wildman–Crippen MR) is 63.3 cm³/mol. The quantitative estimate of drug-likeness (QED) is 0.572. The van der Waals surface area contributed by atoms with Crippen LogP contribution in [0.5, 0.6) is 0 Å². The van der Waals surface area contributed by atoms with E-state index in [1.807, 2.05) is 6.07 Å². The second kappa shape index (κ2) is 4.02. The Morgan fingerprint density at radius 3 is 2.73 bits per heavy atom. The van der Waals surface area contributed by atoms with Gasteiger partial charge in [0.25, 0.3) is 9.05 Å². The van der Waals surface area contributed by atoms with Gasteiger partial charge >= 0.3 is 0 Å². The summed E-state index contributed by atoms with van der Waals surface area (Å²) < 4.78 is 24.4. The van der Waals surface area contributed by atoms with Gasteiger partial charge < -0.3 is 0 Å². The number of hydrogen-bond donors (Lipinski definition) is 0. The number of rotatable bonds is 1. The van der Waals surface area contributed by atoms with Gasteiger partial charge in [-0.3, -0.25) is 4.67 Å². The lowest BCUT2D eigenvalue weighted by atomic mass is 10.0. The molecule has 0 saturated carbocycles. The Hall–Kier alpha value is -0.150. The third kappa shape index (κ3) is 2.51. The summed E-state index contributed by atoms with van der Waals surface area (Å²) in [6.45, 7) is 1.73. The molecule has 0 spiro atoms. The molecule has 0 radical (unpaired) electrons. The molecule has 0 amide bonds. The smallest absolute Gasteiger partial charge is 0.261 e. The maximum Gasteiger partial charge on any atom is 0.261 e. The minimum absolute atomic E-state index is 0.184. The average molecular weight is 264 g/mol. The molecule has 15 heavy (non-hydrogen) atoms. The average Bonchev–Trinajstić information content (AvgIpc) is 2.15. The maximum absolute atomic E-state index is 11.1. The number of halogens is 1. The lowest BCUT2D eigenvalue weighted by molar-refractivity contribution is 0.442. The Morgan fingerprint density at radius 2 is 2.07 bits per heavy atom. The second-order valence-electron chi connectivity index (χ2n) is 3.59. The summed E-state index contributed by atoms with van der Waals surface area (Å²) in [4.78, 5) is 0.184. The molecule has 0 saturated heterocycles. The summed E-state index contributed by atoms with van der Waals surface area (Å²) >= 11 is 0. The lowest BCUT2D eigenvalue weighted by Gasteiger charge is -2.24. The molecular weight excluding hydrogens is 253 g/mol. The van der Waals surface area contributed by atoms with Gasteiger partial charge in [-0.05, 0) is 29.7 Å². The molecule has 1 aromatic rings. The van der Waals surface area contributed by atoms with Gasteiger partial charge in [-0.25, -0.2) is 8.42 Å². The highest BCUT2D eigenvalue weighted by Gasteiger charge is 2.17. The van der Waals surface area contributed by atoms with Gasteiger partial charge in [-0.1, -0.05) is 15.5 Å². The van der Waals surface area contributed by atoms with Crippen molar-refractivity contribution in [1.82, 2.24) is 4.67 Å². The molecule has 1 atom stereocenters. The fraction of sp³-hybridized carbons (Fsp3) is 0.333. The van der Waals surface area contributed by atoms with Crippen molar-refractivity contribution in [2.45, 2.75) is 17.9 Å². The molecule has 82 valence electrons. The van der Waals surface area contributed by atoms with Crippen LogP contribution in [0.1, 0.15) is 11.1 Å². The summed E-state index contributed by atoms with van der Waals surface area (Å²) in [5.74, 6) is 0. The molecule has 0 aromatic heterocycles. The van der Waals surface area contributed by atoms with E-state index < -0.39 is 9.05 Å². The van der Waals surface area contributed by atoms with Crippen molar-refractivity contribution in [2.75, 3.05) is 6.54 Å². The molecule has 0 bridgehead atoms. The Labute approximate surface area is 96.1 Å². The Balaban J connectivity index is 2.46. The minimum Gasteiger partial charge on any atom is -0.283 e. The van der Waals surface area contributed by atoms with E-state index in [0.29, 0.717) is 0 Å². The van der Waals surface area contributed by atoms with E-state index in [1.54, 1.807) is 12.1 Å². The molecule has 6 heteroatoms. The largest absolute Gasteiger partial charge is 0.283 e. The summed E-state index contributed by atoms with van der Waals surface area (Å²) in [5, 5.41) is 0. The Morgan fingerprint density at radius 1 is 1.33 bits per heavy atom. The van der Waals surface area contributed by atoms with Crippen LogP contribution >= 0.6 is 20.1 Å². The highest BCUT2D eigenvalue weighted by molar-refractivity contribution is 8.13. The van der Waals surface area contributed by atoms with Gasteiger partial charge in [-0.2, -0.15) is 0 Å². The van der Waals surface area contributed by atoms with E-state index >= 15 is 0 Å². The molecular formula is C9H11ClNO2PS. The van der Waals surface area contributed by atoms with E-state index in [2.05, 4.69) is 14.1 Å². The van der Waals surface area contributed by atoms with Crippen molar-refractivity contribution in [2.24, 2.45) is 0 Å². The SMILES string of the molecule is O=S(=O)(Cl)c1ccc2c(c1)CN(P)CC2. The van der Waals surface area contributed by atoms with E-state index in [4.69, 9.17) is 10.7 Å². The number of benzene rings is 1. The second-order valence-corrected chi connectivity index (χ2v) is 6.89. The molecule has 0 N–H and O–H groups in total. The molecule has 1 aromatic carbocycles. The maximum atomic E-state index is 11.1. The fourth-order valence-corrected chi connectivity index (χ4v) is 2.83. The van der Waals surface area contributed by atoms with Crippen LogP contribution in [0.4, 0.5) is 0 Å². The first-order valence-corrected chi connectivity index (χ1v) is 7.35. The normalized spacial score (nSPS) is 17.5. The molecule has 1 aliphatic heterocycles. The van der Waals surface area contributed by atoms with Crippen molar-refractivity contribution in [1.29, 1.82) is 0 Å². The third-order valence-electron chi connectivity index (χ3n) is 2.50. The Bertz CT molecular complexity index is 489. The number of nitrogens with zero attached hydrogens (tertiary/aromatic N) is 1. The predicted octanol–water partition coefficient (Wildman–Crippen LogP) is 1.76. The summed E-state index contributed by atoms with van der Waals surface area (Å²) in [5.41, 5.74) is 2.25. The van der Waals surface area contributed by atoms with Gasteiger partial charge in [-0.15, -0.1) is 0 Å². The molecule has 0 aliphatic carbocycles. The first-order valence-electron chi connectivity index (χ1n) is 4.53. The van der Waals surface area contributed by atoms with Crippen LogP contribution in [0.2, 0.25) is 0 Å². The van der Waals surface area contributed by atoms with Crippen LogP contribution in [-0.4, -0.2) is 19.6 Å². The summed E-state index contributed by atoms with van der Waals surface area (Å²) in [6, 6.07) is 5.08. The molecule has 2 rings (SSSR count). The topological polar surface area (TPSA) is 37.4 Å². The van der Waals surface area contributed by atoms with E-state index in [0.717, 1.165) is 25.1 Å². The van der Waals surface area contributed by atoms with Gasteiger partial charge in [0.05, 0.1) is 4.90 Å². The van der Waals surface area contributed by atoms with Crippen LogP contribution in [0.25, 0.3) is 0 Å². The van der Waals surface area contributed by atoms with Gasteiger partial charge in [0, 0.05) is 23.8 Å². The van der Waals surface area contributed by atoms with Crippen LogP contribution in [0.3, 0.4) is 0 Å². The van der Waals surface area contributed by atoms with Gasteiger partial charge in [0.15, 0.2) is 0 Å². The van der Waals surface area contributed by atoms with Crippen LogP contribution in [-0.2, 0) is 22.0 Å². The standard InChI is InChI=1S/C9H11ClNO2PS/c10-15(12,13)9-2-1-7-3-4-11(14)6-8(7)5-9/h1-2,5H,3-4,6,14H2. The highest BCUT2D eigenvalue weighted by Crippen LogP contribution is 2.25. The Kier molecular flexibility index (Phi) is 3.04. The number of hydrogen-bond acceptors (Lipinski definition) is 3. The van der Waals surface area contributed by atoms with Crippen molar-refractivity contribution in [3.8, 4) is 0 Å². The van der Waals surface area contributed by atoms with E-state index in [-0.39, 0.29) is 4.90 Å². The zero-order valence-corrected chi connectivity index (χ0v) is 10.7. The van der Waals surface area contributed by atoms with E-state index in [1.165, 1.54) is 5.56 Å². The molecule has 1 heterocycles. The van der Waals surface area contributed by atoms with Crippen molar-refractivity contribution in [3.63, 3.8) is 0 Å². The lowest BCUT2D eigenvalue weighted by Crippen LogP contribution is -2.21. The minimum atomic E-state index is -3.61. The summed E-state index contributed by atoms with van der Waals surface area (Å²) in [7, 11) is 4.31. The van der Waals surface area contributed by atoms with Crippen LogP contribution in [0.15, 0.2) is 23.1 Å². The molecule has 1 aliphatic rings. The van der Waals surface area contributed by atoms with Crippen LogP contribution < -0.4 is 0 Å². The van der Waals surface area contributed by atoms with Crippen molar-refractivity contribution < 1.29 is 8.42 Å². The van der Waals surface area contributed by atoms with Gasteiger partial charge in [0.1, 0.15) is 0 Å². The molecule has 1 unspecified atom stereocenters. The zero-order chi connectivity index (χ0) is 11.1. The monoisotopic (exact) mass is 263 g/mol. The number of fused-ring (bicyclic) bond motifs is 1. The molecule has 3 nitrogen and oxygen atoms in total. The van der Waals surface area contributed by atoms with Gasteiger partial charge in [0.2, 0.25) is 0 Å². The highest BCUT2D eigenvalue weighted by atomic mass is 35.7. The first kappa shape index (κ1) is 11.3. The van der Waals surface area contributed by atoms with Crippen molar-refractivity contribution >= 4 is 29.1 Å². The van der Waals surface area contributed by atoms with Crippen LogP contribution in [0, 0.1) is 0 Å². The van der Waals surface area contributed by atoms with Crippen molar-refractivity contribution in [3.05, 3.63) is 29.3 Å². The molecule has 0 fully saturated rings. The zero-order valence-electron chi connectivity index (χ0n) is 7.98.